The monoisotopic (exact) mass is 297 g/mol. The van der Waals surface area contributed by atoms with Gasteiger partial charge >= 0.3 is 0 Å². The number of pyridine rings is 1. The van der Waals surface area contributed by atoms with Crippen LogP contribution in [0.3, 0.4) is 0 Å². The lowest BCUT2D eigenvalue weighted by Gasteiger charge is -2.19. The minimum absolute atomic E-state index is 0.502. The molecule has 1 unspecified atom stereocenters. The fourth-order valence-corrected chi connectivity index (χ4v) is 3.88. The van der Waals surface area contributed by atoms with Gasteiger partial charge in [-0.25, -0.2) is 0 Å². The molecule has 0 N–H and O–H groups in total. The average molecular weight is 298 g/mol. The fourth-order valence-electron chi connectivity index (χ4n) is 2.08. The van der Waals surface area contributed by atoms with Crippen molar-refractivity contribution in [3.05, 3.63) is 28.6 Å². The van der Waals surface area contributed by atoms with Gasteiger partial charge in [-0.3, -0.25) is 4.40 Å². The number of halogens is 1. The third-order valence-corrected chi connectivity index (χ3v) is 4.87. The first-order chi connectivity index (χ1) is 7.86. The molecule has 1 aliphatic heterocycles. The number of aromatic nitrogens is 3. The molecular weight excluding hydrogens is 286 g/mol. The van der Waals surface area contributed by atoms with Crippen LogP contribution in [0, 0.1) is 0 Å². The Balaban J connectivity index is 2.09. The first-order valence-electron chi connectivity index (χ1n) is 5.47. The summed E-state index contributed by atoms with van der Waals surface area (Å²) in [6.07, 6.45) is 3.85. The number of rotatable bonds is 1. The Morgan fingerprint density at radius 3 is 3.06 bits per heavy atom. The van der Waals surface area contributed by atoms with E-state index in [1.807, 2.05) is 30.0 Å². The molecule has 2 aromatic heterocycles. The minimum Gasteiger partial charge on any atom is -0.272 e. The molecule has 0 bridgehead atoms. The van der Waals surface area contributed by atoms with Crippen LogP contribution in [-0.2, 0) is 0 Å². The molecule has 1 aliphatic rings. The van der Waals surface area contributed by atoms with Crippen LogP contribution in [0.5, 0.6) is 0 Å². The van der Waals surface area contributed by atoms with Gasteiger partial charge in [0.2, 0.25) is 0 Å². The van der Waals surface area contributed by atoms with Gasteiger partial charge in [0.05, 0.1) is 9.85 Å². The molecule has 3 rings (SSSR count). The van der Waals surface area contributed by atoms with Crippen LogP contribution in [0.1, 0.15) is 30.3 Å². The molecule has 84 valence electrons. The second-order valence-electron chi connectivity index (χ2n) is 3.96. The lowest BCUT2D eigenvalue weighted by atomic mass is 10.2. The maximum absolute atomic E-state index is 4.34. The van der Waals surface area contributed by atoms with E-state index in [1.165, 1.54) is 25.0 Å². The van der Waals surface area contributed by atoms with Crippen LogP contribution in [0.25, 0.3) is 5.65 Å². The van der Waals surface area contributed by atoms with Gasteiger partial charge in [0, 0.05) is 0 Å². The predicted molar refractivity (Wildman–Crippen MR) is 69.7 cm³/mol. The van der Waals surface area contributed by atoms with E-state index in [0.29, 0.717) is 5.25 Å². The molecule has 0 amide bonds. The van der Waals surface area contributed by atoms with Crippen molar-refractivity contribution in [3.8, 4) is 0 Å². The predicted octanol–water partition coefficient (Wildman–Crippen LogP) is 3.45. The number of hydrogen-bond acceptors (Lipinski definition) is 3. The van der Waals surface area contributed by atoms with Crippen molar-refractivity contribution in [1.82, 2.24) is 14.6 Å². The molecule has 5 heteroatoms. The van der Waals surface area contributed by atoms with E-state index in [0.717, 1.165) is 16.1 Å². The molecule has 3 nitrogen and oxygen atoms in total. The molecule has 0 aromatic carbocycles. The van der Waals surface area contributed by atoms with Gasteiger partial charge in [0.25, 0.3) is 0 Å². The second kappa shape index (κ2) is 4.37. The number of thioether (sulfide) groups is 1. The average Bonchev–Trinajstić information content (AvgIpc) is 2.75. The molecule has 0 saturated carbocycles. The molecular formula is C11H12BrN3S. The van der Waals surface area contributed by atoms with Gasteiger partial charge in [-0.1, -0.05) is 12.5 Å². The van der Waals surface area contributed by atoms with Gasteiger partial charge in [0.1, 0.15) is 0 Å². The van der Waals surface area contributed by atoms with E-state index in [4.69, 9.17) is 0 Å². The zero-order chi connectivity index (χ0) is 11.0. The molecule has 0 aliphatic carbocycles. The number of hydrogen-bond donors (Lipinski definition) is 0. The summed E-state index contributed by atoms with van der Waals surface area (Å²) in [5.41, 5.74) is 0.926. The lowest BCUT2D eigenvalue weighted by Crippen LogP contribution is -2.06. The zero-order valence-electron chi connectivity index (χ0n) is 8.77. The van der Waals surface area contributed by atoms with Crippen molar-refractivity contribution >= 4 is 33.3 Å². The fraction of sp³-hybridized carbons (Fsp3) is 0.455. The normalized spacial score (nSPS) is 21.4. The molecule has 16 heavy (non-hydrogen) atoms. The number of nitrogens with zero attached hydrogens (tertiary/aromatic N) is 3. The maximum atomic E-state index is 4.34. The molecule has 0 spiro atoms. The van der Waals surface area contributed by atoms with Gasteiger partial charge < -0.3 is 0 Å². The van der Waals surface area contributed by atoms with Crippen LogP contribution in [0.2, 0.25) is 0 Å². The van der Waals surface area contributed by atoms with Crippen LogP contribution in [-0.4, -0.2) is 20.4 Å². The SMILES string of the molecule is Brc1cccc2nnc(C3CCCCS3)n12. The quantitative estimate of drug-likeness (QED) is 0.755. The smallest absolute Gasteiger partial charge is 0.161 e. The largest absolute Gasteiger partial charge is 0.272 e. The van der Waals surface area contributed by atoms with Crippen molar-refractivity contribution in [1.29, 1.82) is 0 Å². The highest BCUT2D eigenvalue weighted by Gasteiger charge is 2.21. The van der Waals surface area contributed by atoms with Crippen molar-refractivity contribution in [2.24, 2.45) is 0 Å². The van der Waals surface area contributed by atoms with Crippen molar-refractivity contribution in [2.75, 3.05) is 5.75 Å². The van der Waals surface area contributed by atoms with Crippen LogP contribution in [0.15, 0.2) is 22.8 Å². The molecule has 0 radical (unpaired) electrons. The summed E-state index contributed by atoms with van der Waals surface area (Å²) >= 11 is 5.57. The summed E-state index contributed by atoms with van der Waals surface area (Å²) in [6, 6.07) is 6.02. The summed E-state index contributed by atoms with van der Waals surface area (Å²) < 4.78 is 3.15. The van der Waals surface area contributed by atoms with Gasteiger partial charge in [-0.05, 0) is 46.7 Å². The first kappa shape index (κ1) is 10.6. The summed E-state index contributed by atoms with van der Waals surface area (Å²) in [5.74, 6) is 2.33. The molecule has 2 aromatic rings. The van der Waals surface area contributed by atoms with Crippen LogP contribution < -0.4 is 0 Å². The molecule has 1 fully saturated rings. The van der Waals surface area contributed by atoms with Crippen LogP contribution in [0.4, 0.5) is 0 Å². The summed E-state index contributed by atoms with van der Waals surface area (Å²) in [6.45, 7) is 0. The first-order valence-corrected chi connectivity index (χ1v) is 7.31. The Labute approximate surface area is 107 Å². The third kappa shape index (κ3) is 1.76. The Bertz CT molecular complexity index is 505. The van der Waals surface area contributed by atoms with Crippen molar-refractivity contribution < 1.29 is 0 Å². The summed E-state index contributed by atoms with van der Waals surface area (Å²) in [4.78, 5) is 0. The highest BCUT2D eigenvalue weighted by Crippen LogP contribution is 2.37. The molecule has 1 saturated heterocycles. The van der Waals surface area contributed by atoms with E-state index in [9.17, 15) is 0 Å². The van der Waals surface area contributed by atoms with E-state index < -0.39 is 0 Å². The zero-order valence-corrected chi connectivity index (χ0v) is 11.2. The van der Waals surface area contributed by atoms with E-state index in [1.54, 1.807) is 0 Å². The van der Waals surface area contributed by atoms with Crippen molar-refractivity contribution in [3.63, 3.8) is 0 Å². The summed E-state index contributed by atoms with van der Waals surface area (Å²) in [7, 11) is 0. The Kier molecular flexibility index (Phi) is 2.90. The standard InChI is InChI=1S/C11H12BrN3S/c12-9-5-3-6-10-13-14-11(15(9)10)8-4-1-2-7-16-8/h3,5-6,8H,1-2,4,7H2. The minimum atomic E-state index is 0.502. The van der Waals surface area contributed by atoms with E-state index in [2.05, 4.69) is 30.5 Å². The Hall–Kier alpha value is -0.550. The van der Waals surface area contributed by atoms with E-state index in [-0.39, 0.29) is 0 Å². The molecule has 1 atom stereocenters. The van der Waals surface area contributed by atoms with Gasteiger partial charge in [-0.2, -0.15) is 11.8 Å². The van der Waals surface area contributed by atoms with Gasteiger partial charge in [0.15, 0.2) is 11.5 Å². The third-order valence-electron chi connectivity index (χ3n) is 2.87. The van der Waals surface area contributed by atoms with Crippen molar-refractivity contribution in [2.45, 2.75) is 24.5 Å². The van der Waals surface area contributed by atoms with E-state index >= 15 is 0 Å². The number of fused-ring (bicyclic) bond motifs is 1. The lowest BCUT2D eigenvalue weighted by molar-refractivity contribution is 0.656. The van der Waals surface area contributed by atoms with Crippen LogP contribution >= 0.6 is 27.7 Å². The highest BCUT2D eigenvalue weighted by molar-refractivity contribution is 9.10. The Morgan fingerprint density at radius 2 is 2.25 bits per heavy atom. The second-order valence-corrected chi connectivity index (χ2v) is 6.08. The van der Waals surface area contributed by atoms with Gasteiger partial charge in [-0.15, -0.1) is 10.2 Å². The maximum Gasteiger partial charge on any atom is 0.161 e. The summed E-state index contributed by atoms with van der Waals surface area (Å²) in [5, 5.41) is 9.07. The topological polar surface area (TPSA) is 30.2 Å². The Morgan fingerprint density at radius 1 is 1.31 bits per heavy atom. The highest BCUT2D eigenvalue weighted by atomic mass is 79.9. The molecule has 3 heterocycles.